The molecule has 0 fully saturated rings. The van der Waals surface area contributed by atoms with Crippen molar-refractivity contribution in [2.45, 2.75) is 0 Å². The van der Waals surface area contributed by atoms with Gasteiger partial charge in [-0.05, 0) is 46.2 Å². The number of rotatable bonds is 3. The van der Waals surface area contributed by atoms with Gasteiger partial charge in [0.15, 0.2) is 0 Å². The zero-order valence-corrected chi connectivity index (χ0v) is 15.6. The molecule has 0 aliphatic carbocycles. The lowest BCUT2D eigenvalue weighted by Crippen LogP contribution is -2.11. The largest absolute Gasteiger partial charge is 0.312 e. The highest BCUT2D eigenvalue weighted by atomic mass is 32.1. The van der Waals surface area contributed by atoms with Crippen molar-refractivity contribution in [3.05, 3.63) is 90.2 Å². The van der Waals surface area contributed by atoms with Crippen LogP contribution in [0.1, 0.15) is 10.4 Å². The van der Waals surface area contributed by atoms with Crippen LogP contribution in [0.25, 0.3) is 32.8 Å². The number of anilines is 1. The Hall–Kier alpha value is -3.57. The summed E-state index contributed by atoms with van der Waals surface area (Å²) in [5.74, 6) is -0.160. The van der Waals surface area contributed by atoms with E-state index in [0.29, 0.717) is 5.56 Å². The highest BCUT2D eigenvalue weighted by Crippen LogP contribution is 2.28. The van der Waals surface area contributed by atoms with Crippen molar-refractivity contribution in [1.82, 2.24) is 9.97 Å². The van der Waals surface area contributed by atoms with Gasteiger partial charge in [-0.15, -0.1) is 11.3 Å². The maximum atomic E-state index is 12.8. The van der Waals surface area contributed by atoms with E-state index in [4.69, 9.17) is 0 Å². The summed E-state index contributed by atoms with van der Waals surface area (Å²) in [6.45, 7) is 0. The van der Waals surface area contributed by atoms with Crippen LogP contribution in [0.5, 0.6) is 0 Å². The Kier molecular flexibility index (Phi) is 4.07. The van der Waals surface area contributed by atoms with Crippen molar-refractivity contribution in [1.29, 1.82) is 0 Å². The number of nitrogens with one attached hydrogen (secondary N) is 1. The molecule has 2 aromatic heterocycles. The van der Waals surface area contributed by atoms with E-state index in [9.17, 15) is 4.79 Å². The number of carbonyl (C=O) groups excluding carboxylic acids is 1. The summed E-state index contributed by atoms with van der Waals surface area (Å²) in [6, 6.07) is 22.5. The Balaban J connectivity index is 1.60. The van der Waals surface area contributed by atoms with E-state index >= 15 is 0 Å². The number of benzene rings is 3. The predicted octanol–water partition coefficient (Wildman–Crippen LogP) is 5.76. The number of carbonyl (C=O) groups is 1. The second kappa shape index (κ2) is 6.87. The maximum absolute atomic E-state index is 12.8. The zero-order valence-electron chi connectivity index (χ0n) is 14.8. The quantitative estimate of drug-likeness (QED) is 0.432. The normalized spacial score (nSPS) is 11.0. The molecule has 0 aliphatic heterocycles. The molecule has 28 heavy (non-hydrogen) atoms. The van der Waals surface area contributed by atoms with Gasteiger partial charge in [-0.1, -0.05) is 42.5 Å². The summed E-state index contributed by atoms with van der Waals surface area (Å²) in [5, 5.41) is 6.85. The van der Waals surface area contributed by atoms with Gasteiger partial charge in [0.2, 0.25) is 0 Å². The molecule has 5 rings (SSSR count). The third-order valence-electron chi connectivity index (χ3n) is 4.74. The van der Waals surface area contributed by atoms with Gasteiger partial charge in [-0.2, -0.15) is 0 Å². The van der Waals surface area contributed by atoms with E-state index < -0.39 is 0 Å². The number of aromatic nitrogens is 2. The fourth-order valence-electron chi connectivity index (χ4n) is 3.35. The fraction of sp³-hybridized carbons (Fsp3) is 0. The lowest BCUT2D eigenvalue weighted by molar-refractivity contribution is 0.102. The number of hydrogen-bond donors (Lipinski definition) is 1. The number of pyridine rings is 1. The van der Waals surface area contributed by atoms with E-state index in [-0.39, 0.29) is 5.91 Å². The second-order valence-electron chi connectivity index (χ2n) is 6.47. The molecular formula is C23H15N3OS. The fourth-order valence-corrected chi connectivity index (χ4v) is 3.86. The van der Waals surface area contributed by atoms with Crippen LogP contribution < -0.4 is 5.32 Å². The summed E-state index contributed by atoms with van der Waals surface area (Å²) in [4.78, 5) is 21.2. The molecule has 0 bridgehead atoms. The van der Waals surface area contributed by atoms with E-state index in [1.165, 1.54) is 22.1 Å². The van der Waals surface area contributed by atoms with E-state index in [2.05, 4.69) is 45.6 Å². The van der Waals surface area contributed by atoms with E-state index in [1.807, 2.05) is 30.3 Å². The molecule has 0 spiro atoms. The van der Waals surface area contributed by atoms with Gasteiger partial charge in [0.05, 0.1) is 22.8 Å². The standard InChI is InChI=1S/C23H15N3OS/c27-23(26-22-13-24-14-28-22)19-9-10-25-21-8-7-18(12-20(19)21)17-6-5-15-3-1-2-4-16(15)11-17/h1-14H,(H,26,27). The summed E-state index contributed by atoms with van der Waals surface area (Å²) in [6.07, 6.45) is 3.31. The molecule has 3 aromatic carbocycles. The number of hydrogen-bond acceptors (Lipinski definition) is 4. The average Bonchev–Trinajstić information content (AvgIpc) is 3.25. The van der Waals surface area contributed by atoms with Crippen molar-refractivity contribution in [3.8, 4) is 11.1 Å². The number of amides is 1. The minimum absolute atomic E-state index is 0.160. The number of fused-ring (bicyclic) bond motifs is 2. The highest BCUT2D eigenvalue weighted by Gasteiger charge is 2.13. The summed E-state index contributed by atoms with van der Waals surface area (Å²) < 4.78 is 0. The molecule has 0 aliphatic rings. The first-order valence-electron chi connectivity index (χ1n) is 8.86. The Labute approximate surface area is 165 Å². The van der Waals surface area contributed by atoms with Gasteiger partial charge in [-0.3, -0.25) is 14.8 Å². The van der Waals surface area contributed by atoms with E-state index in [1.54, 1.807) is 24.0 Å². The number of nitrogens with zero attached hydrogens (tertiary/aromatic N) is 2. The molecule has 2 heterocycles. The Bertz CT molecular complexity index is 1310. The Morgan fingerprint density at radius 2 is 1.71 bits per heavy atom. The summed E-state index contributed by atoms with van der Waals surface area (Å²) in [7, 11) is 0. The minimum Gasteiger partial charge on any atom is -0.312 e. The van der Waals surface area contributed by atoms with Crippen molar-refractivity contribution in [2.75, 3.05) is 5.32 Å². The van der Waals surface area contributed by atoms with Crippen LogP contribution in [-0.4, -0.2) is 15.9 Å². The van der Waals surface area contributed by atoms with Gasteiger partial charge in [0, 0.05) is 11.6 Å². The molecule has 4 nitrogen and oxygen atoms in total. The van der Waals surface area contributed by atoms with Gasteiger partial charge in [-0.25, -0.2) is 0 Å². The zero-order chi connectivity index (χ0) is 18.9. The van der Waals surface area contributed by atoms with Crippen LogP contribution in [-0.2, 0) is 0 Å². The lowest BCUT2D eigenvalue weighted by atomic mass is 9.98. The first kappa shape index (κ1) is 16.6. The number of thiazole rings is 1. The summed E-state index contributed by atoms with van der Waals surface area (Å²) in [5.41, 5.74) is 5.25. The molecule has 0 radical (unpaired) electrons. The molecule has 0 saturated heterocycles. The van der Waals surface area contributed by atoms with Crippen molar-refractivity contribution in [2.24, 2.45) is 0 Å². The highest BCUT2D eigenvalue weighted by molar-refractivity contribution is 7.14. The van der Waals surface area contributed by atoms with Crippen molar-refractivity contribution in [3.63, 3.8) is 0 Å². The molecule has 0 saturated carbocycles. The predicted molar refractivity (Wildman–Crippen MR) is 115 cm³/mol. The van der Waals surface area contributed by atoms with Crippen LogP contribution in [0.15, 0.2) is 84.6 Å². The third kappa shape index (κ3) is 3.02. The van der Waals surface area contributed by atoms with Gasteiger partial charge in [0.25, 0.3) is 5.91 Å². The monoisotopic (exact) mass is 381 g/mol. The lowest BCUT2D eigenvalue weighted by Gasteiger charge is -2.09. The van der Waals surface area contributed by atoms with Crippen molar-refractivity contribution < 1.29 is 4.79 Å². The maximum Gasteiger partial charge on any atom is 0.257 e. The molecule has 1 N–H and O–H groups in total. The second-order valence-corrected chi connectivity index (χ2v) is 7.36. The first-order valence-corrected chi connectivity index (χ1v) is 9.74. The Morgan fingerprint density at radius 3 is 2.57 bits per heavy atom. The van der Waals surface area contributed by atoms with Crippen LogP contribution in [0.4, 0.5) is 5.00 Å². The third-order valence-corrected chi connectivity index (χ3v) is 5.43. The minimum atomic E-state index is -0.160. The Morgan fingerprint density at radius 1 is 0.893 bits per heavy atom. The molecule has 5 heteroatoms. The van der Waals surface area contributed by atoms with Gasteiger partial charge >= 0.3 is 0 Å². The molecule has 134 valence electrons. The van der Waals surface area contributed by atoms with Gasteiger partial charge < -0.3 is 5.32 Å². The van der Waals surface area contributed by atoms with Crippen LogP contribution >= 0.6 is 11.3 Å². The van der Waals surface area contributed by atoms with Gasteiger partial charge in [0.1, 0.15) is 5.00 Å². The summed E-state index contributed by atoms with van der Waals surface area (Å²) >= 11 is 1.39. The van der Waals surface area contributed by atoms with Crippen LogP contribution in [0.2, 0.25) is 0 Å². The molecular weight excluding hydrogens is 366 g/mol. The molecule has 0 unspecified atom stereocenters. The van der Waals surface area contributed by atoms with Crippen LogP contribution in [0.3, 0.4) is 0 Å². The average molecular weight is 381 g/mol. The molecule has 1 amide bonds. The molecule has 0 atom stereocenters. The SMILES string of the molecule is O=C(Nc1cncs1)c1ccnc2ccc(-c3ccc4ccccc4c3)cc12. The topological polar surface area (TPSA) is 54.9 Å². The van der Waals surface area contributed by atoms with Crippen LogP contribution in [0, 0.1) is 0 Å². The van der Waals surface area contributed by atoms with Crippen molar-refractivity contribution >= 4 is 43.9 Å². The van der Waals surface area contributed by atoms with E-state index in [0.717, 1.165) is 27.0 Å². The smallest absolute Gasteiger partial charge is 0.257 e. The first-order chi connectivity index (χ1) is 13.8. The molecule has 5 aromatic rings.